The molecule has 5 heteroatoms. The van der Waals surface area contributed by atoms with Gasteiger partial charge in [-0.2, -0.15) is 0 Å². The fraction of sp³-hybridized carbons (Fsp3) is 0.333. The van der Waals surface area contributed by atoms with Gasteiger partial charge in [0.1, 0.15) is 5.82 Å². The van der Waals surface area contributed by atoms with Gasteiger partial charge in [-0.15, -0.1) is 11.3 Å². The molecule has 0 spiro atoms. The third kappa shape index (κ3) is 2.42. The highest BCUT2D eigenvalue weighted by atomic mass is 35.5. The lowest BCUT2D eigenvalue weighted by atomic mass is 10.2. The number of hydrogen-bond acceptors (Lipinski definition) is 3. The summed E-state index contributed by atoms with van der Waals surface area (Å²) in [6, 6.07) is 1.82. The van der Waals surface area contributed by atoms with E-state index in [1.54, 1.807) is 6.92 Å². The molecular weight excluding hydrogens is 256 g/mol. The van der Waals surface area contributed by atoms with Crippen LogP contribution in [-0.2, 0) is 6.42 Å². The van der Waals surface area contributed by atoms with Crippen molar-refractivity contribution in [2.24, 2.45) is 0 Å². The molecule has 2 aromatic rings. The average molecular weight is 269 g/mol. The maximum absolute atomic E-state index is 11.8. The summed E-state index contributed by atoms with van der Waals surface area (Å²) in [7, 11) is 0. The first-order chi connectivity index (χ1) is 8.13. The second-order valence-electron chi connectivity index (χ2n) is 3.83. The van der Waals surface area contributed by atoms with Crippen molar-refractivity contribution in [1.29, 1.82) is 0 Å². The van der Waals surface area contributed by atoms with Crippen LogP contribution in [0.3, 0.4) is 0 Å². The number of hydrogen-bond donors (Lipinski definition) is 1. The average Bonchev–Trinajstić information content (AvgIpc) is 2.70. The van der Waals surface area contributed by atoms with Crippen LogP contribution in [-0.4, -0.2) is 9.97 Å². The molecule has 0 aliphatic rings. The van der Waals surface area contributed by atoms with E-state index in [1.165, 1.54) is 11.3 Å². The van der Waals surface area contributed by atoms with Gasteiger partial charge in [-0.05, 0) is 24.8 Å². The third-order valence-electron chi connectivity index (χ3n) is 2.52. The maximum atomic E-state index is 11.8. The van der Waals surface area contributed by atoms with E-state index in [9.17, 15) is 4.79 Å². The van der Waals surface area contributed by atoms with Crippen molar-refractivity contribution in [1.82, 2.24) is 9.97 Å². The standard InChI is InChI=1S/C12H13ClN2OS/c1-3-4-9-14-10(7(2)12(16)15-9)11-8(13)5-6-17-11/h5-6H,3-4H2,1-2H3,(H,14,15,16). The fourth-order valence-corrected chi connectivity index (χ4v) is 2.81. The van der Waals surface area contributed by atoms with Crippen molar-refractivity contribution in [2.45, 2.75) is 26.7 Å². The molecule has 0 aliphatic heterocycles. The Hall–Kier alpha value is -1.13. The van der Waals surface area contributed by atoms with Crippen LogP contribution in [0.1, 0.15) is 24.7 Å². The second kappa shape index (κ2) is 5.02. The van der Waals surface area contributed by atoms with Crippen LogP contribution < -0.4 is 5.56 Å². The Kier molecular flexibility index (Phi) is 3.64. The van der Waals surface area contributed by atoms with Crippen molar-refractivity contribution < 1.29 is 0 Å². The van der Waals surface area contributed by atoms with E-state index >= 15 is 0 Å². The lowest BCUT2D eigenvalue weighted by Crippen LogP contribution is -2.15. The quantitative estimate of drug-likeness (QED) is 0.927. The Balaban J connectivity index is 2.61. The minimum atomic E-state index is -0.0806. The molecule has 1 N–H and O–H groups in total. The molecule has 0 aliphatic carbocycles. The Bertz CT molecular complexity index is 588. The zero-order chi connectivity index (χ0) is 12.4. The van der Waals surface area contributed by atoms with E-state index in [0.29, 0.717) is 16.3 Å². The van der Waals surface area contributed by atoms with Crippen molar-refractivity contribution in [3.63, 3.8) is 0 Å². The van der Waals surface area contributed by atoms with Gasteiger partial charge < -0.3 is 4.98 Å². The molecule has 17 heavy (non-hydrogen) atoms. The summed E-state index contributed by atoms with van der Waals surface area (Å²) in [6.45, 7) is 3.82. The van der Waals surface area contributed by atoms with Crippen molar-refractivity contribution in [2.75, 3.05) is 0 Å². The predicted octanol–water partition coefficient (Wildman–Crippen LogP) is 3.41. The van der Waals surface area contributed by atoms with Gasteiger partial charge >= 0.3 is 0 Å². The van der Waals surface area contributed by atoms with Crippen LogP contribution in [0.5, 0.6) is 0 Å². The van der Waals surface area contributed by atoms with Gasteiger partial charge in [-0.3, -0.25) is 4.79 Å². The largest absolute Gasteiger partial charge is 0.310 e. The second-order valence-corrected chi connectivity index (χ2v) is 5.16. The highest BCUT2D eigenvalue weighted by Crippen LogP contribution is 2.32. The van der Waals surface area contributed by atoms with E-state index in [4.69, 9.17) is 11.6 Å². The SMILES string of the molecule is CCCc1nc(-c2sccc2Cl)c(C)c(=O)[nH]1. The molecule has 2 heterocycles. The Morgan fingerprint density at radius 1 is 1.53 bits per heavy atom. The molecular formula is C12H13ClN2OS. The predicted molar refractivity (Wildman–Crippen MR) is 71.9 cm³/mol. The van der Waals surface area contributed by atoms with E-state index in [-0.39, 0.29) is 5.56 Å². The smallest absolute Gasteiger partial charge is 0.254 e. The van der Waals surface area contributed by atoms with Crippen LogP contribution in [0.2, 0.25) is 5.02 Å². The summed E-state index contributed by atoms with van der Waals surface area (Å²) in [5, 5.41) is 2.55. The number of aryl methyl sites for hydroxylation is 1. The molecule has 0 saturated heterocycles. The summed E-state index contributed by atoms with van der Waals surface area (Å²) in [6.07, 6.45) is 1.72. The Morgan fingerprint density at radius 2 is 2.29 bits per heavy atom. The molecule has 0 aromatic carbocycles. The minimum Gasteiger partial charge on any atom is -0.310 e. The minimum absolute atomic E-state index is 0.0806. The van der Waals surface area contributed by atoms with Gasteiger partial charge in [0.25, 0.3) is 5.56 Å². The molecule has 2 rings (SSSR count). The highest BCUT2D eigenvalue weighted by molar-refractivity contribution is 7.14. The van der Waals surface area contributed by atoms with Crippen LogP contribution in [0.15, 0.2) is 16.2 Å². The number of aromatic amines is 1. The summed E-state index contributed by atoms with van der Waals surface area (Å²) in [5.74, 6) is 0.725. The lowest BCUT2D eigenvalue weighted by Gasteiger charge is -2.05. The number of aromatic nitrogens is 2. The van der Waals surface area contributed by atoms with E-state index in [1.807, 2.05) is 11.4 Å². The summed E-state index contributed by atoms with van der Waals surface area (Å²) in [4.78, 5) is 20.0. The Morgan fingerprint density at radius 3 is 2.88 bits per heavy atom. The summed E-state index contributed by atoms with van der Waals surface area (Å²) < 4.78 is 0. The van der Waals surface area contributed by atoms with Crippen molar-refractivity contribution in [3.8, 4) is 10.6 Å². The first-order valence-corrected chi connectivity index (χ1v) is 6.72. The molecule has 2 aromatic heterocycles. The van der Waals surface area contributed by atoms with Crippen LogP contribution in [0.25, 0.3) is 10.6 Å². The van der Waals surface area contributed by atoms with Gasteiger partial charge in [0.05, 0.1) is 15.6 Å². The van der Waals surface area contributed by atoms with Crippen molar-refractivity contribution in [3.05, 3.63) is 38.2 Å². The topological polar surface area (TPSA) is 45.8 Å². The van der Waals surface area contributed by atoms with Crippen LogP contribution in [0, 0.1) is 6.92 Å². The van der Waals surface area contributed by atoms with E-state index < -0.39 is 0 Å². The first-order valence-electron chi connectivity index (χ1n) is 5.46. The van der Waals surface area contributed by atoms with Gasteiger partial charge in [-0.1, -0.05) is 18.5 Å². The monoisotopic (exact) mass is 268 g/mol. The molecule has 90 valence electrons. The van der Waals surface area contributed by atoms with Crippen LogP contribution >= 0.6 is 22.9 Å². The van der Waals surface area contributed by atoms with E-state index in [2.05, 4.69) is 16.9 Å². The third-order valence-corrected chi connectivity index (χ3v) is 3.87. The van der Waals surface area contributed by atoms with Gasteiger partial charge in [0, 0.05) is 12.0 Å². The molecule has 0 bridgehead atoms. The highest BCUT2D eigenvalue weighted by Gasteiger charge is 2.13. The molecule has 0 atom stereocenters. The molecule has 0 saturated carbocycles. The first kappa shape index (κ1) is 12.3. The number of nitrogens with one attached hydrogen (secondary N) is 1. The molecule has 0 fully saturated rings. The zero-order valence-electron chi connectivity index (χ0n) is 9.71. The maximum Gasteiger partial charge on any atom is 0.254 e. The number of halogens is 1. The molecule has 0 amide bonds. The molecule has 3 nitrogen and oxygen atoms in total. The molecule has 0 radical (unpaired) electrons. The van der Waals surface area contributed by atoms with Gasteiger partial charge in [0.15, 0.2) is 0 Å². The molecule has 0 unspecified atom stereocenters. The van der Waals surface area contributed by atoms with Gasteiger partial charge in [0.2, 0.25) is 0 Å². The number of H-pyrrole nitrogens is 1. The zero-order valence-corrected chi connectivity index (χ0v) is 11.3. The number of rotatable bonds is 3. The summed E-state index contributed by atoms with van der Waals surface area (Å²) in [5.41, 5.74) is 1.24. The fourth-order valence-electron chi connectivity index (χ4n) is 1.62. The number of thiophene rings is 1. The summed E-state index contributed by atoms with van der Waals surface area (Å²) >= 11 is 7.59. The lowest BCUT2D eigenvalue weighted by molar-refractivity contribution is 0.823. The normalized spacial score (nSPS) is 10.8. The van der Waals surface area contributed by atoms with Crippen LogP contribution in [0.4, 0.5) is 0 Å². The van der Waals surface area contributed by atoms with Gasteiger partial charge in [-0.25, -0.2) is 4.98 Å². The Labute approximate surface area is 108 Å². The van der Waals surface area contributed by atoms with Crippen molar-refractivity contribution >= 4 is 22.9 Å². The van der Waals surface area contributed by atoms with E-state index in [0.717, 1.165) is 23.5 Å². The number of nitrogens with zero attached hydrogens (tertiary/aromatic N) is 1.